The van der Waals surface area contributed by atoms with Gasteiger partial charge in [-0.2, -0.15) is 13.7 Å². The van der Waals surface area contributed by atoms with Crippen LogP contribution in [-0.4, -0.2) is 57.1 Å². The normalized spacial score (nSPS) is 18.7. The summed E-state index contributed by atoms with van der Waals surface area (Å²) in [7, 11) is -7.45. The molecule has 1 N–H and O–H groups in total. The van der Waals surface area contributed by atoms with Crippen LogP contribution in [0.15, 0.2) is 22.1 Å². The number of unbranched alkanes of at least 4 members (excludes halogenated alkanes) is 1. The third-order valence-electron chi connectivity index (χ3n) is 2.89. The van der Waals surface area contributed by atoms with Crippen LogP contribution in [0.3, 0.4) is 0 Å². The van der Waals surface area contributed by atoms with Gasteiger partial charge in [-0.25, -0.2) is 8.42 Å². The van der Waals surface area contributed by atoms with E-state index < -0.39 is 20.0 Å². The van der Waals surface area contributed by atoms with E-state index in [4.69, 9.17) is 9.81 Å². The maximum absolute atomic E-state index is 11.3. The lowest BCUT2D eigenvalue weighted by atomic mass is 10.3. The summed E-state index contributed by atoms with van der Waals surface area (Å²) in [5.41, 5.74) is 0. The number of sulfone groups is 1. The van der Waals surface area contributed by atoms with Crippen molar-refractivity contribution >= 4 is 31.7 Å². The largest absolute Gasteiger partial charge is 0.366 e. The summed E-state index contributed by atoms with van der Waals surface area (Å²) in [6.45, 7) is 1.39. The lowest BCUT2D eigenvalue weighted by Gasteiger charge is -2.18. The van der Waals surface area contributed by atoms with Crippen molar-refractivity contribution in [3.8, 4) is 6.07 Å². The first-order valence-electron chi connectivity index (χ1n) is 6.48. The van der Waals surface area contributed by atoms with Crippen molar-refractivity contribution in [1.82, 2.24) is 4.90 Å². The summed E-state index contributed by atoms with van der Waals surface area (Å²) < 4.78 is 52.6. The summed E-state index contributed by atoms with van der Waals surface area (Å²) in [6, 6.07) is 1.66. The Morgan fingerprint density at radius 1 is 1.41 bits per heavy atom. The van der Waals surface area contributed by atoms with Crippen LogP contribution in [0, 0.1) is 11.3 Å². The Morgan fingerprint density at radius 2 is 2.09 bits per heavy atom. The maximum atomic E-state index is 11.3. The maximum Gasteiger partial charge on any atom is 0.264 e. The molecule has 0 aromatic heterocycles. The van der Waals surface area contributed by atoms with Gasteiger partial charge in [0.25, 0.3) is 10.1 Å². The van der Waals surface area contributed by atoms with Crippen molar-refractivity contribution in [2.75, 3.05) is 30.9 Å². The van der Waals surface area contributed by atoms with Gasteiger partial charge >= 0.3 is 0 Å². The molecule has 0 aromatic carbocycles. The standard InChI is InChI=1S/C12H18N2O5S3/c1-21(15,16)11(10-13)4-5-12-14(7-8-20-12)6-2-3-9-22(17,18)19/h4-5H,2-3,6-9H2,1H3,(H,17,18,19). The summed E-state index contributed by atoms with van der Waals surface area (Å²) in [5, 5.41) is 9.67. The summed E-state index contributed by atoms with van der Waals surface area (Å²) in [5.74, 6) is 0.582. The first kappa shape index (κ1) is 19.0. The Balaban J connectivity index is 2.65. The zero-order valence-electron chi connectivity index (χ0n) is 12.1. The molecule has 10 heteroatoms. The highest BCUT2D eigenvalue weighted by Crippen LogP contribution is 2.28. The van der Waals surface area contributed by atoms with E-state index in [2.05, 4.69) is 0 Å². The molecule has 1 aliphatic rings. The van der Waals surface area contributed by atoms with Gasteiger partial charge in [-0.1, -0.05) is 0 Å². The van der Waals surface area contributed by atoms with E-state index in [9.17, 15) is 16.8 Å². The van der Waals surface area contributed by atoms with E-state index in [0.29, 0.717) is 19.4 Å². The molecular weight excluding hydrogens is 348 g/mol. The van der Waals surface area contributed by atoms with Gasteiger partial charge in [0, 0.05) is 25.1 Å². The molecule has 0 spiro atoms. The zero-order chi connectivity index (χ0) is 16.8. The molecule has 0 aromatic rings. The number of nitriles is 1. The van der Waals surface area contributed by atoms with E-state index >= 15 is 0 Å². The van der Waals surface area contributed by atoms with Crippen LogP contribution >= 0.6 is 11.8 Å². The van der Waals surface area contributed by atoms with Crippen molar-refractivity contribution in [3.63, 3.8) is 0 Å². The van der Waals surface area contributed by atoms with Gasteiger partial charge in [-0.3, -0.25) is 4.55 Å². The van der Waals surface area contributed by atoms with Crippen LogP contribution in [0.1, 0.15) is 12.8 Å². The fraction of sp³-hybridized carbons (Fsp3) is 0.583. The molecule has 22 heavy (non-hydrogen) atoms. The van der Waals surface area contributed by atoms with Crippen molar-refractivity contribution in [3.05, 3.63) is 22.1 Å². The van der Waals surface area contributed by atoms with E-state index in [-0.39, 0.29) is 10.7 Å². The molecule has 0 unspecified atom stereocenters. The van der Waals surface area contributed by atoms with E-state index in [0.717, 1.165) is 23.6 Å². The number of hydrogen-bond donors (Lipinski definition) is 1. The second-order valence-electron chi connectivity index (χ2n) is 4.75. The molecule has 1 rings (SSSR count). The highest BCUT2D eigenvalue weighted by Gasteiger charge is 2.17. The second-order valence-corrected chi connectivity index (χ2v) is 9.42. The molecular formula is C12H18N2O5S3. The smallest absolute Gasteiger partial charge is 0.264 e. The summed E-state index contributed by atoms with van der Waals surface area (Å²) in [4.78, 5) is 1.71. The Labute approximate surface area is 135 Å². The topological polar surface area (TPSA) is 116 Å². The average molecular weight is 366 g/mol. The van der Waals surface area contributed by atoms with Crippen molar-refractivity contribution in [2.45, 2.75) is 12.8 Å². The third kappa shape index (κ3) is 6.83. The molecule has 1 heterocycles. The molecule has 0 atom stereocenters. The average Bonchev–Trinajstić information content (AvgIpc) is 2.80. The monoisotopic (exact) mass is 366 g/mol. The molecule has 0 saturated carbocycles. The highest BCUT2D eigenvalue weighted by atomic mass is 32.2. The minimum absolute atomic E-state index is 0.264. The number of rotatable bonds is 7. The Kier molecular flexibility index (Phi) is 6.93. The van der Waals surface area contributed by atoms with E-state index in [1.807, 2.05) is 4.90 Å². The number of nitrogens with zero attached hydrogens (tertiary/aromatic N) is 2. The predicted octanol–water partition coefficient (Wildman–Crippen LogP) is 0.997. The van der Waals surface area contributed by atoms with E-state index in [1.54, 1.807) is 23.9 Å². The van der Waals surface area contributed by atoms with Crippen LogP contribution in [0.4, 0.5) is 0 Å². The van der Waals surface area contributed by atoms with Crippen LogP contribution in [0.25, 0.3) is 0 Å². The molecule has 0 radical (unpaired) electrons. The van der Waals surface area contributed by atoms with Gasteiger partial charge in [0.05, 0.1) is 10.8 Å². The first-order chi connectivity index (χ1) is 10.1. The summed E-state index contributed by atoms with van der Waals surface area (Å²) in [6.07, 6.45) is 4.82. The fourth-order valence-electron chi connectivity index (χ4n) is 1.82. The Bertz CT molecular complexity index is 702. The molecule has 0 bridgehead atoms. The second kappa shape index (κ2) is 8.01. The number of allylic oxidation sites excluding steroid dienone is 3. The van der Waals surface area contributed by atoms with Crippen LogP contribution in [0.2, 0.25) is 0 Å². The van der Waals surface area contributed by atoms with Crippen molar-refractivity contribution in [1.29, 1.82) is 5.26 Å². The Morgan fingerprint density at radius 3 is 2.64 bits per heavy atom. The lowest BCUT2D eigenvalue weighted by Crippen LogP contribution is -2.20. The van der Waals surface area contributed by atoms with Gasteiger partial charge in [0.1, 0.15) is 11.0 Å². The van der Waals surface area contributed by atoms with Crippen molar-refractivity contribution < 1.29 is 21.4 Å². The van der Waals surface area contributed by atoms with Gasteiger partial charge in [-0.05, 0) is 25.0 Å². The molecule has 1 aliphatic heterocycles. The van der Waals surface area contributed by atoms with Crippen LogP contribution < -0.4 is 0 Å². The Hall–Kier alpha value is -1.02. The highest BCUT2D eigenvalue weighted by molar-refractivity contribution is 8.03. The van der Waals surface area contributed by atoms with Gasteiger partial charge in [-0.15, -0.1) is 11.8 Å². The minimum Gasteiger partial charge on any atom is -0.366 e. The molecule has 1 saturated heterocycles. The summed E-state index contributed by atoms with van der Waals surface area (Å²) >= 11 is 1.55. The van der Waals surface area contributed by atoms with Crippen molar-refractivity contribution in [2.24, 2.45) is 0 Å². The van der Waals surface area contributed by atoms with Gasteiger partial charge in [0.15, 0.2) is 9.84 Å². The minimum atomic E-state index is -3.93. The fourth-order valence-corrected chi connectivity index (χ4v) is 3.92. The number of thioether (sulfide) groups is 1. The van der Waals surface area contributed by atoms with Crippen LogP contribution in [-0.2, 0) is 20.0 Å². The molecule has 124 valence electrons. The third-order valence-corrected chi connectivity index (χ3v) is 5.80. The van der Waals surface area contributed by atoms with Gasteiger partial charge in [0.2, 0.25) is 0 Å². The van der Waals surface area contributed by atoms with Gasteiger partial charge < -0.3 is 4.90 Å². The predicted molar refractivity (Wildman–Crippen MR) is 86.3 cm³/mol. The number of hydrogen-bond acceptors (Lipinski definition) is 7. The zero-order valence-corrected chi connectivity index (χ0v) is 14.5. The quantitative estimate of drug-likeness (QED) is 0.403. The SMILES string of the molecule is CS(=O)(=O)C(C#N)=CC=C1SCCN1CCCCS(=O)(=O)O. The van der Waals surface area contributed by atoms with E-state index in [1.165, 1.54) is 6.08 Å². The molecule has 0 aliphatic carbocycles. The first-order valence-corrected chi connectivity index (χ1v) is 11.0. The lowest BCUT2D eigenvalue weighted by molar-refractivity contribution is 0.390. The molecule has 7 nitrogen and oxygen atoms in total. The molecule has 0 amide bonds. The van der Waals surface area contributed by atoms with Crippen LogP contribution in [0.5, 0.6) is 0 Å². The molecule has 1 fully saturated rings.